The highest BCUT2D eigenvalue weighted by Gasteiger charge is 2.37. The van der Waals surface area contributed by atoms with Crippen LogP contribution in [0.3, 0.4) is 0 Å². The van der Waals surface area contributed by atoms with Crippen molar-refractivity contribution in [2.75, 3.05) is 13.2 Å². The number of benzene rings is 1. The van der Waals surface area contributed by atoms with Crippen molar-refractivity contribution < 1.29 is 23.1 Å². The standard InChI is InChI=1S/C13H14F3NO2/c14-13(15,16)11-6-2-1-5-10(11)12(19)17-7-3-4-9(17)8-18/h1-2,5-6,9,18H,3-4,7-8H2/t9-/m0/s1. The van der Waals surface area contributed by atoms with Gasteiger partial charge in [0.1, 0.15) is 0 Å². The van der Waals surface area contributed by atoms with Gasteiger partial charge < -0.3 is 10.0 Å². The lowest BCUT2D eigenvalue weighted by Crippen LogP contribution is -2.38. The number of aliphatic hydroxyl groups excluding tert-OH is 1. The molecule has 0 spiro atoms. The van der Waals surface area contributed by atoms with E-state index in [1.807, 2.05) is 0 Å². The van der Waals surface area contributed by atoms with Crippen LogP contribution < -0.4 is 0 Å². The lowest BCUT2D eigenvalue weighted by atomic mass is 10.1. The number of hydrogen-bond acceptors (Lipinski definition) is 2. The third kappa shape index (κ3) is 2.73. The van der Waals surface area contributed by atoms with E-state index in [4.69, 9.17) is 5.11 Å². The topological polar surface area (TPSA) is 40.5 Å². The fraction of sp³-hybridized carbons (Fsp3) is 0.462. The zero-order valence-corrected chi connectivity index (χ0v) is 10.2. The van der Waals surface area contributed by atoms with E-state index in [1.54, 1.807) is 0 Å². The van der Waals surface area contributed by atoms with Crippen LogP contribution in [-0.2, 0) is 6.18 Å². The molecule has 0 aliphatic carbocycles. The van der Waals surface area contributed by atoms with E-state index >= 15 is 0 Å². The van der Waals surface area contributed by atoms with Gasteiger partial charge in [-0.3, -0.25) is 4.79 Å². The molecule has 1 saturated heterocycles. The molecule has 1 aliphatic heterocycles. The minimum absolute atomic E-state index is 0.222. The van der Waals surface area contributed by atoms with Crippen molar-refractivity contribution in [3.05, 3.63) is 35.4 Å². The molecule has 0 unspecified atom stereocenters. The first-order chi connectivity index (χ1) is 8.95. The Balaban J connectivity index is 2.34. The number of aliphatic hydroxyl groups is 1. The van der Waals surface area contributed by atoms with Gasteiger partial charge in [0.25, 0.3) is 5.91 Å². The molecule has 6 heteroatoms. The number of carbonyl (C=O) groups excluding carboxylic acids is 1. The van der Waals surface area contributed by atoms with Crippen molar-refractivity contribution in [1.82, 2.24) is 4.90 Å². The number of carbonyl (C=O) groups is 1. The van der Waals surface area contributed by atoms with Crippen molar-refractivity contribution >= 4 is 5.91 Å². The number of rotatable bonds is 2. The van der Waals surface area contributed by atoms with Crippen molar-refractivity contribution in [1.29, 1.82) is 0 Å². The van der Waals surface area contributed by atoms with Crippen molar-refractivity contribution in [2.24, 2.45) is 0 Å². The molecule has 0 aromatic heterocycles. The van der Waals surface area contributed by atoms with Crippen LogP contribution in [0.5, 0.6) is 0 Å². The molecular formula is C13H14F3NO2. The molecule has 104 valence electrons. The third-order valence-electron chi connectivity index (χ3n) is 3.31. The summed E-state index contributed by atoms with van der Waals surface area (Å²) < 4.78 is 38.6. The first-order valence-electron chi connectivity index (χ1n) is 6.03. The smallest absolute Gasteiger partial charge is 0.394 e. The summed E-state index contributed by atoms with van der Waals surface area (Å²) in [7, 11) is 0. The Morgan fingerprint density at radius 3 is 2.68 bits per heavy atom. The van der Waals surface area contributed by atoms with Crippen LogP contribution in [0.4, 0.5) is 13.2 Å². The summed E-state index contributed by atoms with van der Waals surface area (Å²) in [5.74, 6) is -0.663. The van der Waals surface area contributed by atoms with Crippen LogP contribution >= 0.6 is 0 Å². The quantitative estimate of drug-likeness (QED) is 0.898. The summed E-state index contributed by atoms with van der Waals surface area (Å²) in [5, 5.41) is 9.15. The zero-order valence-electron chi connectivity index (χ0n) is 10.2. The van der Waals surface area contributed by atoms with E-state index in [9.17, 15) is 18.0 Å². The monoisotopic (exact) mass is 273 g/mol. The maximum absolute atomic E-state index is 12.9. The average Bonchev–Trinajstić information content (AvgIpc) is 2.85. The number of nitrogens with zero attached hydrogens (tertiary/aromatic N) is 1. The van der Waals surface area contributed by atoms with Crippen LogP contribution in [0.25, 0.3) is 0 Å². The van der Waals surface area contributed by atoms with Gasteiger partial charge in [-0.1, -0.05) is 12.1 Å². The molecule has 3 nitrogen and oxygen atoms in total. The first-order valence-corrected chi connectivity index (χ1v) is 6.03. The number of hydrogen-bond donors (Lipinski definition) is 1. The molecule has 1 heterocycles. The summed E-state index contributed by atoms with van der Waals surface area (Å²) in [4.78, 5) is 13.5. The lowest BCUT2D eigenvalue weighted by molar-refractivity contribution is -0.138. The summed E-state index contributed by atoms with van der Waals surface area (Å²) in [5.41, 5.74) is -1.28. The highest BCUT2D eigenvalue weighted by Crippen LogP contribution is 2.33. The molecule has 2 rings (SSSR count). The van der Waals surface area contributed by atoms with E-state index in [2.05, 4.69) is 0 Å². The molecule has 1 aromatic rings. The number of amides is 1. The molecule has 0 radical (unpaired) electrons. The Bertz CT molecular complexity index is 473. The van der Waals surface area contributed by atoms with Gasteiger partial charge in [-0.05, 0) is 25.0 Å². The Morgan fingerprint density at radius 1 is 1.37 bits per heavy atom. The molecule has 1 atom stereocenters. The Labute approximate surface area is 108 Å². The number of halogens is 3. The summed E-state index contributed by atoms with van der Waals surface area (Å²) in [6.45, 7) is 0.163. The van der Waals surface area contributed by atoms with Crippen LogP contribution in [-0.4, -0.2) is 35.1 Å². The largest absolute Gasteiger partial charge is 0.417 e. The van der Waals surface area contributed by atoms with Gasteiger partial charge >= 0.3 is 6.18 Å². The fourth-order valence-electron chi connectivity index (χ4n) is 2.36. The minimum Gasteiger partial charge on any atom is -0.394 e. The van der Waals surface area contributed by atoms with Gasteiger partial charge in [0, 0.05) is 6.54 Å². The molecule has 19 heavy (non-hydrogen) atoms. The second-order valence-electron chi connectivity index (χ2n) is 4.52. The number of alkyl halides is 3. The molecule has 1 aliphatic rings. The lowest BCUT2D eigenvalue weighted by Gasteiger charge is -2.24. The maximum atomic E-state index is 12.9. The molecule has 1 fully saturated rings. The SMILES string of the molecule is O=C(c1ccccc1C(F)(F)F)N1CCC[C@H]1CO. The first kappa shape index (κ1) is 13.9. The van der Waals surface area contributed by atoms with Gasteiger partial charge in [0.2, 0.25) is 0 Å². The van der Waals surface area contributed by atoms with Gasteiger partial charge in [-0.15, -0.1) is 0 Å². The van der Waals surface area contributed by atoms with Crippen LogP contribution in [0.1, 0.15) is 28.8 Å². The average molecular weight is 273 g/mol. The Kier molecular flexibility index (Phi) is 3.80. The summed E-state index contributed by atoms with van der Waals surface area (Å²) in [6.07, 6.45) is -3.23. The van der Waals surface area contributed by atoms with Gasteiger partial charge in [-0.25, -0.2) is 0 Å². The fourth-order valence-corrected chi connectivity index (χ4v) is 2.36. The third-order valence-corrected chi connectivity index (χ3v) is 3.31. The van der Waals surface area contributed by atoms with Crippen LogP contribution in [0.2, 0.25) is 0 Å². The Morgan fingerprint density at radius 2 is 2.05 bits per heavy atom. The van der Waals surface area contributed by atoms with Gasteiger partial charge in [0.05, 0.1) is 23.8 Å². The van der Waals surface area contributed by atoms with Gasteiger partial charge in [-0.2, -0.15) is 13.2 Å². The maximum Gasteiger partial charge on any atom is 0.417 e. The Hall–Kier alpha value is -1.56. The van der Waals surface area contributed by atoms with Crippen molar-refractivity contribution in [3.63, 3.8) is 0 Å². The zero-order chi connectivity index (χ0) is 14.0. The van der Waals surface area contributed by atoms with E-state index in [-0.39, 0.29) is 18.2 Å². The minimum atomic E-state index is -4.55. The van der Waals surface area contributed by atoms with Crippen LogP contribution in [0.15, 0.2) is 24.3 Å². The number of likely N-dealkylation sites (tertiary alicyclic amines) is 1. The highest BCUT2D eigenvalue weighted by atomic mass is 19.4. The van der Waals surface area contributed by atoms with E-state index < -0.39 is 17.6 Å². The predicted molar refractivity (Wildman–Crippen MR) is 62.6 cm³/mol. The van der Waals surface area contributed by atoms with E-state index in [1.165, 1.54) is 23.1 Å². The second-order valence-corrected chi connectivity index (χ2v) is 4.52. The highest BCUT2D eigenvalue weighted by molar-refractivity contribution is 5.96. The van der Waals surface area contributed by atoms with Crippen molar-refractivity contribution in [2.45, 2.75) is 25.1 Å². The molecule has 0 saturated carbocycles. The molecule has 0 bridgehead atoms. The molecular weight excluding hydrogens is 259 g/mol. The second kappa shape index (κ2) is 5.21. The molecule has 1 N–H and O–H groups in total. The summed E-state index contributed by atoms with van der Waals surface area (Å²) in [6, 6.07) is 4.36. The predicted octanol–water partition coefficient (Wildman–Crippen LogP) is 2.30. The molecule has 1 aromatic carbocycles. The van der Waals surface area contributed by atoms with E-state index in [0.717, 1.165) is 6.07 Å². The normalized spacial score (nSPS) is 19.8. The summed E-state index contributed by atoms with van der Waals surface area (Å²) >= 11 is 0. The van der Waals surface area contributed by atoms with E-state index in [0.29, 0.717) is 19.4 Å². The van der Waals surface area contributed by atoms with Crippen LogP contribution in [0, 0.1) is 0 Å². The molecule has 1 amide bonds. The van der Waals surface area contributed by atoms with Gasteiger partial charge in [0.15, 0.2) is 0 Å². The van der Waals surface area contributed by atoms with Crippen molar-refractivity contribution in [3.8, 4) is 0 Å².